The Morgan fingerprint density at radius 2 is 2.11 bits per heavy atom. The Bertz CT molecular complexity index is 116. The molecule has 0 radical (unpaired) electrons. The third-order valence-electron chi connectivity index (χ3n) is 1.39. The van der Waals surface area contributed by atoms with Crippen LogP contribution in [-0.4, -0.2) is 30.1 Å². The van der Waals surface area contributed by atoms with Gasteiger partial charge in [-0.1, -0.05) is 0 Å². The Balaban J connectivity index is 2.58. The number of halogens is 2. The highest BCUT2D eigenvalue weighted by molar-refractivity contribution is 4.90. The van der Waals surface area contributed by atoms with Gasteiger partial charge in [0.2, 0.25) is 0 Å². The van der Waals surface area contributed by atoms with Crippen LogP contribution in [0.15, 0.2) is 0 Å². The van der Waals surface area contributed by atoms with Crippen molar-refractivity contribution in [2.24, 2.45) is 11.6 Å². The molecule has 0 aliphatic carbocycles. The van der Waals surface area contributed by atoms with Crippen LogP contribution in [0.3, 0.4) is 0 Å². The maximum atomic E-state index is 12.3. The second kappa shape index (κ2) is 1.86. The summed E-state index contributed by atoms with van der Waals surface area (Å²) in [5.74, 6) is 2.28. The molecule has 1 aliphatic heterocycles. The van der Waals surface area contributed by atoms with Crippen LogP contribution in [0.1, 0.15) is 0 Å². The standard InChI is InChI=1S/C4H9F2N3/c5-4(6)2-9(8)1-3(4)7/h3H,1-2,7-8H2. The molecule has 0 aromatic rings. The predicted molar refractivity (Wildman–Crippen MR) is 28.7 cm³/mol. The first kappa shape index (κ1) is 6.85. The van der Waals surface area contributed by atoms with Crippen molar-refractivity contribution >= 4 is 0 Å². The van der Waals surface area contributed by atoms with E-state index in [4.69, 9.17) is 11.6 Å². The molecule has 4 N–H and O–H groups in total. The molecule has 0 bridgehead atoms. The van der Waals surface area contributed by atoms with E-state index in [0.29, 0.717) is 0 Å². The minimum absolute atomic E-state index is 0.0764. The van der Waals surface area contributed by atoms with Gasteiger partial charge in [0.05, 0.1) is 12.6 Å². The highest BCUT2D eigenvalue weighted by atomic mass is 19.3. The summed E-state index contributed by atoms with van der Waals surface area (Å²) < 4.78 is 24.7. The Morgan fingerprint density at radius 3 is 2.22 bits per heavy atom. The summed E-state index contributed by atoms with van der Waals surface area (Å²) in [6.45, 7) is -0.346. The maximum Gasteiger partial charge on any atom is 0.277 e. The van der Waals surface area contributed by atoms with Gasteiger partial charge in [0.1, 0.15) is 0 Å². The van der Waals surface area contributed by atoms with Gasteiger partial charge in [-0.25, -0.2) is 13.8 Å². The van der Waals surface area contributed by atoms with E-state index in [2.05, 4.69) is 0 Å². The van der Waals surface area contributed by atoms with Crippen molar-refractivity contribution in [2.45, 2.75) is 12.0 Å². The zero-order valence-corrected chi connectivity index (χ0v) is 4.85. The normalized spacial score (nSPS) is 35.3. The van der Waals surface area contributed by atoms with Gasteiger partial charge in [-0.3, -0.25) is 5.84 Å². The molecule has 1 aliphatic rings. The fourth-order valence-electron chi connectivity index (χ4n) is 0.839. The monoisotopic (exact) mass is 137 g/mol. The average molecular weight is 137 g/mol. The number of alkyl halides is 2. The molecule has 0 amide bonds. The summed E-state index contributed by atoms with van der Waals surface area (Å²) in [4.78, 5) is 0. The summed E-state index contributed by atoms with van der Waals surface area (Å²) in [7, 11) is 0. The number of hydrogen-bond acceptors (Lipinski definition) is 3. The van der Waals surface area contributed by atoms with E-state index in [1.807, 2.05) is 0 Å². The zero-order chi connectivity index (χ0) is 7.07. The minimum atomic E-state index is -2.80. The Labute approximate surface area is 51.6 Å². The zero-order valence-electron chi connectivity index (χ0n) is 4.85. The summed E-state index contributed by atoms with van der Waals surface area (Å²) in [6.07, 6.45) is 0. The van der Waals surface area contributed by atoms with Crippen molar-refractivity contribution < 1.29 is 8.78 Å². The third-order valence-corrected chi connectivity index (χ3v) is 1.39. The van der Waals surface area contributed by atoms with Gasteiger partial charge in [-0.15, -0.1) is 0 Å². The van der Waals surface area contributed by atoms with Crippen molar-refractivity contribution in [1.29, 1.82) is 0 Å². The highest BCUT2D eigenvalue weighted by Gasteiger charge is 2.44. The topological polar surface area (TPSA) is 55.3 Å². The number of hydrazine groups is 1. The molecule has 1 fully saturated rings. The number of hydrogen-bond donors (Lipinski definition) is 2. The van der Waals surface area contributed by atoms with Gasteiger partial charge in [0, 0.05) is 6.54 Å². The van der Waals surface area contributed by atoms with E-state index >= 15 is 0 Å². The SMILES string of the molecule is NC1CN(N)CC1(F)F. The fourth-order valence-corrected chi connectivity index (χ4v) is 0.839. The first-order chi connectivity index (χ1) is 4.02. The van der Waals surface area contributed by atoms with E-state index in [0.717, 1.165) is 5.01 Å². The lowest BCUT2D eigenvalue weighted by atomic mass is 10.2. The lowest BCUT2D eigenvalue weighted by molar-refractivity contribution is -0.000849. The molecule has 5 heteroatoms. The fraction of sp³-hybridized carbons (Fsp3) is 1.00. The Hall–Kier alpha value is -0.260. The van der Waals surface area contributed by atoms with Gasteiger partial charge in [0.15, 0.2) is 0 Å². The quantitative estimate of drug-likeness (QED) is 0.427. The van der Waals surface area contributed by atoms with E-state index in [9.17, 15) is 8.78 Å². The molecule has 0 spiro atoms. The van der Waals surface area contributed by atoms with Crippen LogP contribution in [0.5, 0.6) is 0 Å². The van der Waals surface area contributed by atoms with Gasteiger partial charge in [0.25, 0.3) is 5.92 Å². The smallest absolute Gasteiger partial charge is 0.277 e. The summed E-state index contributed by atoms with van der Waals surface area (Å²) in [5, 5.41) is 1.03. The lowest BCUT2D eigenvalue weighted by Crippen LogP contribution is -2.38. The second-order valence-electron chi connectivity index (χ2n) is 2.30. The van der Waals surface area contributed by atoms with E-state index in [1.54, 1.807) is 0 Å². The third kappa shape index (κ3) is 1.17. The molecule has 0 aromatic carbocycles. The molecule has 1 rings (SSSR count). The largest absolute Gasteiger partial charge is 0.322 e. The van der Waals surface area contributed by atoms with Gasteiger partial charge in [-0.2, -0.15) is 0 Å². The van der Waals surface area contributed by atoms with Crippen LogP contribution in [0.4, 0.5) is 8.78 Å². The molecular formula is C4H9F2N3. The maximum absolute atomic E-state index is 12.3. The van der Waals surface area contributed by atoms with Crippen molar-refractivity contribution in [1.82, 2.24) is 5.01 Å². The van der Waals surface area contributed by atoms with Crippen LogP contribution in [0.25, 0.3) is 0 Å². The van der Waals surface area contributed by atoms with Crippen LogP contribution < -0.4 is 11.6 Å². The molecule has 1 saturated heterocycles. The molecule has 1 atom stereocenters. The van der Waals surface area contributed by atoms with E-state index in [1.165, 1.54) is 0 Å². The van der Waals surface area contributed by atoms with Crippen LogP contribution in [-0.2, 0) is 0 Å². The van der Waals surface area contributed by atoms with Crippen molar-refractivity contribution in [3.8, 4) is 0 Å². The second-order valence-corrected chi connectivity index (χ2v) is 2.30. The van der Waals surface area contributed by atoms with Gasteiger partial charge >= 0.3 is 0 Å². The van der Waals surface area contributed by atoms with Gasteiger partial charge < -0.3 is 5.73 Å². The molecule has 1 heterocycles. The van der Waals surface area contributed by atoms with Crippen LogP contribution in [0, 0.1) is 0 Å². The summed E-state index contributed by atoms with van der Waals surface area (Å²) in [5.41, 5.74) is 5.03. The van der Waals surface area contributed by atoms with Crippen molar-refractivity contribution in [3.05, 3.63) is 0 Å². The molecule has 54 valence electrons. The lowest BCUT2D eigenvalue weighted by Gasteiger charge is -2.10. The van der Waals surface area contributed by atoms with Gasteiger partial charge in [-0.05, 0) is 0 Å². The predicted octanol–water partition coefficient (Wildman–Crippen LogP) is -0.862. The average Bonchev–Trinajstić information content (AvgIpc) is 1.79. The van der Waals surface area contributed by atoms with E-state index < -0.39 is 18.5 Å². The molecule has 0 aromatic heterocycles. The van der Waals surface area contributed by atoms with Crippen molar-refractivity contribution in [3.63, 3.8) is 0 Å². The van der Waals surface area contributed by atoms with Crippen LogP contribution >= 0.6 is 0 Å². The van der Waals surface area contributed by atoms with E-state index in [-0.39, 0.29) is 6.54 Å². The first-order valence-corrected chi connectivity index (χ1v) is 2.65. The molecule has 0 saturated carbocycles. The van der Waals surface area contributed by atoms with Crippen LogP contribution in [0.2, 0.25) is 0 Å². The number of nitrogens with zero attached hydrogens (tertiary/aromatic N) is 1. The minimum Gasteiger partial charge on any atom is -0.322 e. The summed E-state index contributed by atoms with van der Waals surface area (Å²) >= 11 is 0. The molecule has 3 nitrogen and oxygen atoms in total. The Morgan fingerprint density at radius 1 is 1.56 bits per heavy atom. The van der Waals surface area contributed by atoms with Crippen molar-refractivity contribution in [2.75, 3.05) is 13.1 Å². The number of nitrogens with two attached hydrogens (primary N) is 2. The molecular weight excluding hydrogens is 128 g/mol. The first-order valence-electron chi connectivity index (χ1n) is 2.65. The highest BCUT2D eigenvalue weighted by Crippen LogP contribution is 2.23. The number of rotatable bonds is 0. The molecule has 9 heavy (non-hydrogen) atoms. The molecule has 1 unspecified atom stereocenters. The Kier molecular flexibility index (Phi) is 1.42. The summed E-state index contributed by atoms with van der Waals surface area (Å²) in [6, 6.07) is -1.09.